The molecule has 1 saturated heterocycles. The highest BCUT2D eigenvalue weighted by Crippen LogP contribution is 2.44. The van der Waals surface area contributed by atoms with Gasteiger partial charge >= 0.3 is 0 Å². The number of ketones is 1. The van der Waals surface area contributed by atoms with Crippen LogP contribution < -0.4 is 14.5 Å². The number of amides is 1. The number of nitrogens with zero attached hydrogens (tertiary/aromatic N) is 2. The number of ether oxygens (including phenoxy) is 1. The second-order valence-corrected chi connectivity index (χ2v) is 8.60. The van der Waals surface area contributed by atoms with E-state index in [1.807, 2.05) is 67.5 Å². The van der Waals surface area contributed by atoms with Gasteiger partial charge in [0.25, 0.3) is 11.7 Å². The molecule has 176 valence electrons. The Morgan fingerprint density at radius 1 is 0.971 bits per heavy atom. The molecule has 1 aliphatic rings. The van der Waals surface area contributed by atoms with Crippen molar-refractivity contribution in [1.29, 1.82) is 0 Å². The Labute approximate surface area is 202 Å². The molecule has 1 unspecified atom stereocenters. The van der Waals surface area contributed by atoms with Crippen LogP contribution in [0.2, 0.25) is 0 Å². The first-order valence-electron chi connectivity index (χ1n) is 11.2. The van der Waals surface area contributed by atoms with Crippen LogP contribution >= 0.6 is 0 Å². The lowest BCUT2D eigenvalue weighted by atomic mass is 9.94. The molecule has 2 heterocycles. The van der Waals surface area contributed by atoms with Crippen molar-refractivity contribution in [2.75, 3.05) is 31.0 Å². The van der Waals surface area contributed by atoms with Gasteiger partial charge in [-0.05, 0) is 54.6 Å². The predicted octanol–water partition coefficient (Wildman–Crippen LogP) is 4.87. The number of fused-ring (bicyclic) bond motifs is 1. The highest BCUT2D eigenvalue weighted by molar-refractivity contribution is 6.51. The van der Waals surface area contributed by atoms with Crippen molar-refractivity contribution in [3.05, 3.63) is 95.7 Å². The average molecular weight is 468 g/mol. The number of hydrogen-bond acceptors (Lipinski definition) is 5. The van der Waals surface area contributed by atoms with Crippen LogP contribution in [0.25, 0.3) is 16.7 Å². The lowest BCUT2D eigenvalue weighted by molar-refractivity contribution is -0.132. The summed E-state index contributed by atoms with van der Waals surface area (Å²) in [5.74, 6) is -1.02. The van der Waals surface area contributed by atoms with Crippen molar-refractivity contribution >= 4 is 39.7 Å². The maximum Gasteiger partial charge on any atom is 0.300 e. The molecule has 0 aliphatic carbocycles. The molecular formula is C28H25N3O4. The zero-order valence-corrected chi connectivity index (χ0v) is 19.6. The zero-order valence-electron chi connectivity index (χ0n) is 19.6. The molecular weight excluding hydrogens is 442 g/mol. The summed E-state index contributed by atoms with van der Waals surface area (Å²) in [6.45, 7) is 0. The summed E-state index contributed by atoms with van der Waals surface area (Å²) in [5, 5.41) is 12.2. The Hall–Kier alpha value is -4.52. The smallest absolute Gasteiger partial charge is 0.300 e. The van der Waals surface area contributed by atoms with Gasteiger partial charge in [0, 0.05) is 53.7 Å². The highest BCUT2D eigenvalue weighted by atomic mass is 16.5. The number of Topliss-reactive ketones (excluding diaryl/α,β-unsaturated/α-hetero) is 1. The van der Waals surface area contributed by atoms with E-state index in [2.05, 4.69) is 4.98 Å². The van der Waals surface area contributed by atoms with Gasteiger partial charge < -0.3 is 19.7 Å². The van der Waals surface area contributed by atoms with E-state index in [1.165, 1.54) is 4.90 Å². The maximum absolute atomic E-state index is 13.4. The molecule has 4 aromatic rings. The molecule has 1 fully saturated rings. The first-order valence-corrected chi connectivity index (χ1v) is 11.2. The van der Waals surface area contributed by atoms with Crippen molar-refractivity contribution in [2.45, 2.75) is 6.04 Å². The van der Waals surface area contributed by atoms with Crippen LogP contribution in [0.4, 0.5) is 11.4 Å². The van der Waals surface area contributed by atoms with E-state index < -0.39 is 17.7 Å². The summed E-state index contributed by atoms with van der Waals surface area (Å²) in [5.41, 5.74) is 3.61. The fourth-order valence-corrected chi connectivity index (χ4v) is 4.53. The van der Waals surface area contributed by atoms with Gasteiger partial charge in [-0.2, -0.15) is 0 Å². The van der Waals surface area contributed by atoms with Crippen molar-refractivity contribution in [1.82, 2.24) is 4.98 Å². The number of benzene rings is 3. The van der Waals surface area contributed by atoms with Crippen molar-refractivity contribution in [2.24, 2.45) is 0 Å². The van der Waals surface area contributed by atoms with E-state index in [1.54, 1.807) is 37.6 Å². The first kappa shape index (κ1) is 22.3. The fraction of sp³-hybridized carbons (Fsp3) is 0.143. The van der Waals surface area contributed by atoms with Gasteiger partial charge in [-0.25, -0.2) is 0 Å². The largest absolute Gasteiger partial charge is 0.507 e. The number of aliphatic hydroxyl groups is 1. The van der Waals surface area contributed by atoms with E-state index in [4.69, 9.17) is 4.74 Å². The van der Waals surface area contributed by atoms with Crippen molar-refractivity contribution < 1.29 is 19.4 Å². The van der Waals surface area contributed by atoms with Gasteiger partial charge in [-0.15, -0.1) is 0 Å². The van der Waals surface area contributed by atoms with Crippen LogP contribution in [0.15, 0.2) is 84.6 Å². The number of hydrogen-bond donors (Lipinski definition) is 2. The van der Waals surface area contributed by atoms with Crippen LogP contribution in [0, 0.1) is 0 Å². The van der Waals surface area contributed by atoms with Crippen LogP contribution in [0.1, 0.15) is 17.2 Å². The number of carbonyl (C=O) groups excluding carboxylic acids is 2. The highest BCUT2D eigenvalue weighted by Gasteiger charge is 2.47. The molecule has 0 radical (unpaired) electrons. The van der Waals surface area contributed by atoms with Crippen LogP contribution in [-0.2, 0) is 9.59 Å². The monoisotopic (exact) mass is 467 g/mol. The molecule has 3 aromatic carbocycles. The SMILES string of the molecule is COc1ccc(/C(O)=C2\C(=O)C(=O)N(c3ccc(N(C)C)cc3)C2c2c[nH]c3ccccc23)cc1. The second kappa shape index (κ2) is 8.68. The number of aliphatic hydroxyl groups excluding tert-OH is 1. The molecule has 0 saturated carbocycles. The fourth-order valence-electron chi connectivity index (χ4n) is 4.53. The number of nitrogens with one attached hydrogen (secondary N) is 1. The Morgan fingerprint density at radius 2 is 1.66 bits per heavy atom. The van der Waals surface area contributed by atoms with E-state index >= 15 is 0 Å². The van der Waals surface area contributed by atoms with Gasteiger partial charge in [0.15, 0.2) is 0 Å². The summed E-state index contributed by atoms with van der Waals surface area (Å²) < 4.78 is 5.21. The minimum Gasteiger partial charge on any atom is -0.507 e. The Kier molecular flexibility index (Phi) is 5.53. The van der Waals surface area contributed by atoms with Crippen LogP contribution in [-0.4, -0.2) is 43.0 Å². The van der Waals surface area contributed by atoms with Gasteiger partial charge in [0.05, 0.1) is 18.7 Å². The van der Waals surface area contributed by atoms with Gasteiger partial charge in [0.2, 0.25) is 0 Å². The van der Waals surface area contributed by atoms with E-state index in [0.717, 1.165) is 22.2 Å². The number of para-hydroxylation sites is 1. The van der Waals surface area contributed by atoms with Crippen molar-refractivity contribution in [3.8, 4) is 5.75 Å². The van der Waals surface area contributed by atoms with Gasteiger partial charge in [-0.3, -0.25) is 14.5 Å². The van der Waals surface area contributed by atoms with E-state index in [-0.39, 0.29) is 11.3 Å². The molecule has 1 amide bonds. The number of carbonyl (C=O) groups is 2. The number of aromatic amines is 1. The minimum absolute atomic E-state index is 0.0432. The third-order valence-corrected chi connectivity index (χ3v) is 6.37. The van der Waals surface area contributed by atoms with Gasteiger partial charge in [-0.1, -0.05) is 18.2 Å². The summed E-state index contributed by atoms with van der Waals surface area (Å²) in [6, 6.07) is 21.0. The number of aromatic nitrogens is 1. The van der Waals surface area contributed by atoms with Crippen LogP contribution in [0.5, 0.6) is 5.75 Å². The third kappa shape index (κ3) is 3.71. The topological polar surface area (TPSA) is 85.9 Å². The lowest BCUT2D eigenvalue weighted by Crippen LogP contribution is -2.29. The van der Waals surface area contributed by atoms with E-state index in [9.17, 15) is 14.7 Å². The van der Waals surface area contributed by atoms with Gasteiger partial charge in [0.1, 0.15) is 11.5 Å². The zero-order chi connectivity index (χ0) is 24.7. The first-order chi connectivity index (χ1) is 16.9. The molecule has 1 atom stereocenters. The number of H-pyrrole nitrogens is 1. The quantitative estimate of drug-likeness (QED) is 0.249. The Morgan fingerprint density at radius 3 is 2.31 bits per heavy atom. The maximum atomic E-state index is 13.4. The molecule has 0 bridgehead atoms. The molecule has 1 aliphatic heterocycles. The second-order valence-electron chi connectivity index (χ2n) is 8.60. The summed E-state index contributed by atoms with van der Waals surface area (Å²) in [7, 11) is 5.42. The molecule has 35 heavy (non-hydrogen) atoms. The van der Waals surface area contributed by atoms with E-state index in [0.29, 0.717) is 17.0 Å². The third-order valence-electron chi connectivity index (χ3n) is 6.37. The lowest BCUT2D eigenvalue weighted by Gasteiger charge is -2.25. The standard InChI is InChI=1S/C28H25N3O4/c1-30(2)18-10-12-19(13-11-18)31-25(22-16-29-23-7-5-4-6-21(22)23)24(27(33)28(31)34)26(32)17-8-14-20(35-3)15-9-17/h4-16,25,29,32H,1-3H3/b26-24+. The summed E-state index contributed by atoms with van der Waals surface area (Å²) in [4.78, 5) is 33.4. The normalized spacial score (nSPS) is 17.2. The molecule has 1 aromatic heterocycles. The number of methoxy groups -OCH3 is 1. The Balaban J connectivity index is 1.72. The molecule has 0 spiro atoms. The molecule has 7 nitrogen and oxygen atoms in total. The minimum atomic E-state index is -0.807. The summed E-state index contributed by atoms with van der Waals surface area (Å²) >= 11 is 0. The molecule has 7 heteroatoms. The van der Waals surface area contributed by atoms with Crippen LogP contribution in [0.3, 0.4) is 0 Å². The number of anilines is 2. The average Bonchev–Trinajstić information content (AvgIpc) is 3.42. The Bertz CT molecular complexity index is 1450. The summed E-state index contributed by atoms with van der Waals surface area (Å²) in [6.07, 6.45) is 1.80. The molecule has 2 N–H and O–H groups in total. The van der Waals surface area contributed by atoms with Crippen molar-refractivity contribution in [3.63, 3.8) is 0 Å². The molecule has 5 rings (SSSR count). The number of rotatable bonds is 5. The predicted molar refractivity (Wildman–Crippen MR) is 137 cm³/mol.